The number of para-hydroxylation sites is 1. The topological polar surface area (TPSA) is 91.5 Å². The minimum absolute atomic E-state index is 0.171. The summed E-state index contributed by atoms with van der Waals surface area (Å²) in [5.74, 6) is 0.267. The Balaban J connectivity index is 1.42. The summed E-state index contributed by atoms with van der Waals surface area (Å²) in [5, 5.41) is 4.01. The Hall–Kier alpha value is -2.84. The van der Waals surface area contributed by atoms with Gasteiger partial charge in [0.1, 0.15) is 5.75 Å². The molecule has 0 spiro atoms. The predicted molar refractivity (Wildman–Crippen MR) is 125 cm³/mol. The summed E-state index contributed by atoms with van der Waals surface area (Å²) < 4.78 is 32.9. The molecule has 8 heteroatoms. The van der Waals surface area contributed by atoms with Crippen LogP contribution in [-0.4, -0.2) is 43.8 Å². The van der Waals surface area contributed by atoms with Crippen molar-refractivity contribution in [2.24, 2.45) is 0 Å². The van der Waals surface area contributed by atoms with Crippen LogP contribution >= 0.6 is 0 Å². The van der Waals surface area contributed by atoms with Gasteiger partial charge in [-0.2, -0.15) is 4.31 Å². The number of benzene rings is 2. The first kappa shape index (κ1) is 22.4. The summed E-state index contributed by atoms with van der Waals surface area (Å²) in [6, 6.07) is 12.7. The van der Waals surface area contributed by atoms with Gasteiger partial charge in [-0.15, -0.1) is 0 Å². The third-order valence-corrected chi connectivity index (χ3v) is 7.82. The van der Waals surface area contributed by atoms with Crippen molar-refractivity contribution in [1.29, 1.82) is 0 Å². The number of methoxy groups -OCH3 is 1. The van der Waals surface area contributed by atoms with Crippen LogP contribution in [-0.2, 0) is 21.2 Å². The van der Waals surface area contributed by atoms with Crippen molar-refractivity contribution in [2.45, 2.75) is 43.4 Å². The normalized spacial score (nSPS) is 15.0. The van der Waals surface area contributed by atoms with Crippen LogP contribution < -0.4 is 10.1 Å². The van der Waals surface area contributed by atoms with E-state index >= 15 is 0 Å². The number of piperidine rings is 1. The molecule has 0 unspecified atom stereocenters. The Morgan fingerprint density at radius 2 is 1.91 bits per heavy atom. The second-order valence-electron chi connectivity index (χ2n) is 8.09. The third-order valence-electron chi connectivity index (χ3n) is 5.92. The molecule has 1 aliphatic heterocycles. The smallest absolute Gasteiger partial charge is 0.243 e. The summed E-state index contributed by atoms with van der Waals surface area (Å²) in [5.41, 5.74) is 2.65. The summed E-state index contributed by atoms with van der Waals surface area (Å²) in [4.78, 5) is 16.0. The first-order valence-corrected chi connectivity index (χ1v) is 12.5. The fraction of sp³-hybridized carbons (Fsp3) is 0.375. The molecular formula is C24H29N3O4S. The van der Waals surface area contributed by atoms with Crippen LogP contribution in [0.15, 0.2) is 53.6 Å². The predicted octanol–water partition coefficient (Wildman–Crippen LogP) is 4.31. The summed E-state index contributed by atoms with van der Waals surface area (Å²) in [7, 11) is -2.09. The molecule has 1 aliphatic rings. The Morgan fingerprint density at radius 1 is 1.12 bits per heavy atom. The molecule has 1 amide bonds. The highest BCUT2D eigenvalue weighted by atomic mass is 32.2. The second kappa shape index (κ2) is 9.75. The molecule has 1 saturated heterocycles. The summed E-state index contributed by atoms with van der Waals surface area (Å²) in [6.07, 6.45) is 6.56. The van der Waals surface area contributed by atoms with E-state index in [1.165, 1.54) is 34.5 Å². The lowest BCUT2D eigenvalue weighted by atomic mass is 10.1. The van der Waals surface area contributed by atoms with E-state index in [1.54, 1.807) is 6.07 Å². The van der Waals surface area contributed by atoms with Gasteiger partial charge >= 0.3 is 0 Å². The van der Waals surface area contributed by atoms with E-state index < -0.39 is 10.0 Å². The number of carbonyl (C=O) groups is 1. The molecule has 32 heavy (non-hydrogen) atoms. The fourth-order valence-corrected chi connectivity index (χ4v) is 5.73. The van der Waals surface area contributed by atoms with Crippen molar-refractivity contribution in [3.8, 4) is 5.75 Å². The zero-order chi connectivity index (χ0) is 22.6. The van der Waals surface area contributed by atoms with Gasteiger partial charge in [0.25, 0.3) is 0 Å². The maximum absolute atomic E-state index is 13.0. The Bertz CT molecular complexity index is 1200. The van der Waals surface area contributed by atoms with Gasteiger partial charge in [0, 0.05) is 36.6 Å². The number of rotatable bonds is 8. The van der Waals surface area contributed by atoms with Crippen molar-refractivity contribution >= 4 is 32.5 Å². The van der Waals surface area contributed by atoms with E-state index in [9.17, 15) is 13.2 Å². The van der Waals surface area contributed by atoms with Crippen LogP contribution in [0.4, 0.5) is 5.69 Å². The van der Waals surface area contributed by atoms with E-state index in [0.717, 1.165) is 31.2 Å². The van der Waals surface area contributed by atoms with Crippen LogP contribution in [0.3, 0.4) is 0 Å². The van der Waals surface area contributed by atoms with E-state index in [2.05, 4.69) is 16.4 Å². The fourth-order valence-electron chi connectivity index (χ4n) is 4.19. The number of aromatic amines is 1. The molecular weight excluding hydrogens is 426 g/mol. The van der Waals surface area contributed by atoms with Crippen molar-refractivity contribution in [3.63, 3.8) is 0 Å². The Labute approximate surface area is 188 Å². The molecule has 0 radical (unpaired) electrons. The number of nitrogens with zero attached hydrogens (tertiary/aromatic N) is 1. The number of anilines is 1. The number of H-pyrrole nitrogens is 1. The van der Waals surface area contributed by atoms with Crippen LogP contribution in [0.25, 0.3) is 10.9 Å². The quantitative estimate of drug-likeness (QED) is 0.529. The number of hydrogen-bond acceptors (Lipinski definition) is 4. The minimum Gasteiger partial charge on any atom is -0.495 e. The van der Waals surface area contributed by atoms with Crippen LogP contribution in [0, 0.1) is 0 Å². The van der Waals surface area contributed by atoms with Crippen molar-refractivity contribution in [3.05, 3.63) is 54.2 Å². The number of aromatic nitrogens is 1. The molecule has 0 saturated carbocycles. The highest BCUT2D eigenvalue weighted by Gasteiger charge is 2.27. The Morgan fingerprint density at radius 3 is 2.69 bits per heavy atom. The molecule has 0 aliphatic carbocycles. The first-order valence-electron chi connectivity index (χ1n) is 11.0. The highest BCUT2D eigenvalue weighted by Crippen LogP contribution is 2.30. The minimum atomic E-state index is -3.59. The van der Waals surface area contributed by atoms with Crippen molar-refractivity contribution < 1.29 is 17.9 Å². The molecule has 1 aromatic heterocycles. The van der Waals surface area contributed by atoms with Crippen molar-refractivity contribution in [2.75, 3.05) is 25.5 Å². The third kappa shape index (κ3) is 4.81. The van der Waals surface area contributed by atoms with Gasteiger partial charge in [0.05, 0.1) is 17.7 Å². The lowest BCUT2D eigenvalue weighted by Gasteiger charge is -2.26. The molecule has 2 aromatic carbocycles. The second-order valence-corrected chi connectivity index (χ2v) is 10.0. The van der Waals surface area contributed by atoms with Crippen LogP contribution in [0.2, 0.25) is 0 Å². The summed E-state index contributed by atoms with van der Waals surface area (Å²) in [6.45, 7) is 1.06. The van der Waals surface area contributed by atoms with Crippen molar-refractivity contribution in [1.82, 2.24) is 9.29 Å². The van der Waals surface area contributed by atoms with Crippen LogP contribution in [0.1, 0.15) is 37.7 Å². The monoisotopic (exact) mass is 455 g/mol. The van der Waals surface area contributed by atoms with Crippen LogP contribution in [0.5, 0.6) is 5.75 Å². The number of fused-ring (bicyclic) bond motifs is 1. The lowest BCUT2D eigenvalue weighted by molar-refractivity contribution is -0.116. The average molecular weight is 456 g/mol. The zero-order valence-corrected chi connectivity index (χ0v) is 19.1. The molecule has 0 atom stereocenters. The van der Waals surface area contributed by atoms with E-state index in [1.807, 2.05) is 24.4 Å². The number of ether oxygens (including phenoxy) is 1. The molecule has 2 heterocycles. The lowest BCUT2D eigenvalue weighted by Crippen LogP contribution is -2.35. The van der Waals surface area contributed by atoms with Gasteiger partial charge in [-0.25, -0.2) is 8.42 Å². The number of nitrogens with one attached hydrogen (secondary N) is 2. The highest BCUT2D eigenvalue weighted by molar-refractivity contribution is 7.89. The van der Waals surface area contributed by atoms with Gasteiger partial charge in [-0.1, -0.05) is 24.6 Å². The van der Waals surface area contributed by atoms with E-state index in [4.69, 9.17) is 4.74 Å². The van der Waals surface area contributed by atoms with E-state index in [-0.39, 0.29) is 10.8 Å². The number of carbonyl (C=O) groups excluding carboxylic acids is 1. The number of hydrogen-bond donors (Lipinski definition) is 2. The molecule has 7 nitrogen and oxygen atoms in total. The van der Waals surface area contributed by atoms with Gasteiger partial charge in [0.2, 0.25) is 15.9 Å². The molecule has 170 valence electrons. The zero-order valence-electron chi connectivity index (χ0n) is 18.3. The standard InChI is InChI=1S/C24H29N3O4S/c1-31-23-13-12-19(32(29,30)27-14-5-2-6-15-27)16-22(23)26-24(28)11-7-8-18-17-25-21-10-4-3-9-20(18)21/h3-4,9-10,12-13,16-17,25H,2,5-8,11,14-15H2,1H3,(H,26,28). The summed E-state index contributed by atoms with van der Waals surface area (Å²) >= 11 is 0. The Kier molecular flexibility index (Phi) is 6.81. The van der Waals surface area contributed by atoms with Gasteiger partial charge in [-0.3, -0.25) is 4.79 Å². The molecule has 0 bridgehead atoms. The van der Waals surface area contributed by atoms with Gasteiger partial charge in [0.15, 0.2) is 0 Å². The number of sulfonamides is 1. The maximum atomic E-state index is 13.0. The molecule has 4 rings (SSSR count). The first-order chi connectivity index (χ1) is 15.5. The SMILES string of the molecule is COc1ccc(S(=O)(=O)N2CCCCC2)cc1NC(=O)CCCc1c[nH]c2ccccc12. The average Bonchev–Trinajstić information content (AvgIpc) is 3.23. The van der Waals surface area contributed by atoms with Gasteiger partial charge in [-0.05, 0) is 55.5 Å². The van der Waals surface area contributed by atoms with E-state index in [0.29, 0.717) is 37.4 Å². The number of aryl methyl sites for hydroxylation is 1. The van der Waals surface area contributed by atoms with Gasteiger partial charge < -0.3 is 15.0 Å². The largest absolute Gasteiger partial charge is 0.495 e. The molecule has 2 N–H and O–H groups in total. The number of amides is 1. The molecule has 1 fully saturated rings. The maximum Gasteiger partial charge on any atom is 0.243 e. The molecule has 3 aromatic rings.